The number of nitrogens with one attached hydrogen (secondary N) is 2. The number of nitrogens with zero attached hydrogens (tertiary/aromatic N) is 6. The van der Waals surface area contributed by atoms with E-state index in [1.54, 1.807) is 6.92 Å². The summed E-state index contributed by atoms with van der Waals surface area (Å²) in [6, 6.07) is 0. The number of hydrogen-bond acceptors (Lipinski definition) is 11. The third-order valence-electron chi connectivity index (χ3n) is 3.55. The van der Waals surface area contributed by atoms with Gasteiger partial charge in [0.1, 0.15) is 12.2 Å². The van der Waals surface area contributed by atoms with Crippen molar-refractivity contribution in [3.8, 4) is 0 Å². The number of methoxy groups -OCH3 is 1. The maximum absolute atomic E-state index is 11.0. The molecule has 0 saturated carbocycles. The number of aromatic carboxylic acids is 1. The number of hydrogen-bond donors (Lipinski definition) is 5. The van der Waals surface area contributed by atoms with E-state index in [9.17, 15) is 9.59 Å². The Morgan fingerprint density at radius 1 is 1.03 bits per heavy atom. The van der Waals surface area contributed by atoms with Gasteiger partial charge in [0.15, 0.2) is 0 Å². The number of carboxylic acids is 1. The number of aliphatic hydroxyl groups is 2. The van der Waals surface area contributed by atoms with Crippen molar-refractivity contribution in [1.82, 2.24) is 40.2 Å². The fraction of sp³-hybridized carbons (Fsp3) is 0.625. The summed E-state index contributed by atoms with van der Waals surface area (Å²) in [5.41, 5.74) is 0. The van der Waals surface area contributed by atoms with Crippen molar-refractivity contribution in [3.63, 3.8) is 0 Å². The first-order valence-electron chi connectivity index (χ1n) is 9.18. The Hall–Kier alpha value is -2.94. The Labute approximate surface area is 172 Å². The van der Waals surface area contributed by atoms with Gasteiger partial charge in [0.2, 0.25) is 0 Å². The van der Waals surface area contributed by atoms with Crippen LogP contribution in [0.2, 0.25) is 0 Å². The van der Waals surface area contributed by atoms with Gasteiger partial charge in [-0.15, -0.1) is 10.2 Å². The van der Waals surface area contributed by atoms with Gasteiger partial charge in [-0.25, -0.2) is 24.2 Å². The van der Waals surface area contributed by atoms with Crippen molar-refractivity contribution < 1.29 is 29.6 Å². The van der Waals surface area contributed by atoms with Crippen LogP contribution >= 0.6 is 0 Å². The van der Waals surface area contributed by atoms with E-state index in [1.165, 1.54) is 22.8 Å². The predicted octanol–water partition coefficient (Wildman–Crippen LogP) is -2.49. The fourth-order valence-corrected chi connectivity index (χ4v) is 2.10. The molecule has 0 radical (unpaired) electrons. The Morgan fingerprint density at radius 3 is 2.20 bits per heavy atom. The highest BCUT2D eigenvalue weighted by atomic mass is 16.5. The quantitative estimate of drug-likeness (QED) is 0.177. The van der Waals surface area contributed by atoms with Crippen LogP contribution in [0.5, 0.6) is 0 Å². The van der Waals surface area contributed by atoms with Gasteiger partial charge in [0.25, 0.3) is 11.6 Å². The Morgan fingerprint density at radius 2 is 1.67 bits per heavy atom. The molecule has 2 heterocycles. The second-order valence-electron chi connectivity index (χ2n) is 5.78. The average Bonchev–Trinajstić information content (AvgIpc) is 3.35. The number of aliphatic hydroxyl groups excluding tert-OH is 2. The first-order valence-corrected chi connectivity index (χ1v) is 9.18. The highest BCUT2D eigenvalue weighted by Crippen LogP contribution is 1.96. The zero-order chi connectivity index (χ0) is 22.4. The van der Waals surface area contributed by atoms with E-state index in [0.717, 1.165) is 0 Å². The molecule has 0 atom stereocenters. The van der Waals surface area contributed by atoms with E-state index in [0.29, 0.717) is 45.1 Å². The van der Waals surface area contributed by atoms with E-state index in [-0.39, 0.29) is 24.9 Å². The molecule has 168 valence electrons. The van der Waals surface area contributed by atoms with E-state index < -0.39 is 11.9 Å². The van der Waals surface area contributed by atoms with Crippen LogP contribution < -0.4 is 10.6 Å². The molecule has 5 N–H and O–H groups in total. The molecule has 2 aromatic rings. The Bertz CT molecular complexity index is 778. The number of ether oxygens (including phenoxy) is 1. The molecule has 2 rings (SSSR count). The molecule has 0 aliphatic rings. The summed E-state index contributed by atoms with van der Waals surface area (Å²) < 4.78 is 7.53. The topological polar surface area (TPSA) is 190 Å². The fourth-order valence-electron chi connectivity index (χ4n) is 2.10. The summed E-state index contributed by atoms with van der Waals surface area (Å²) in [4.78, 5) is 29.1. The second-order valence-corrected chi connectivity index (χ2v) is 5.78. The minimum absolute atomic E-state index is 0.0552. The van der Waals surface area contributed by atoms with E-state index >= 15 is 0 Å². The number of carboxylic acid groups (broad SMARTS) is 1. The molecule has 30 heavy (non-hydrogen) atoms. The third-order valence-corrected chi connectivity index (χ3v) is 3.55. The van der Waals surface area contributed by atoms with Crippen molar-refractivity contribution in [2.75, 3.05) is 46.5 Å². The molecule has 0 aliphatic heterocycles. The molecule has 0 unspecified atom stereocenters. The molecule has 14 heteroatoms. The number of carbonyl (C=O) groups excluding carboxylic acids is 1. The average molecular weight is 428 g/mol. The molecule has 0 fully saturated rings. The van der Waals surface area contributed by atoms with Crippen LogP contribution in [0.4, 0.5) is 0 Å². The van der Waals surface area contributed by atoms with Gasteiger partial charge in [0, 0.05) is 26.2 Å². The van der Waals surface area contributed by atoms with E-state index in [2.05, 4.69) is 35.5 Å². The molecule has 0 aromatic carbocycles. The molecule has 2 aromatic heterocycles. The normalized spacial score (nSPS) is 10.4. The van der Waals surface area contributed by atoms with E-state index in [1.807, 2.05) is 0 Å². The van der Waals surface area contributed by atoms with Crippen molar-refractivity contribution in [1.29, 1.82) is 0 Å². The lowest BCUT2D eigenvalue weighted by Crippen LogP contribution is -2.24. The van der Waals surface area contributed by atoms with Crippen LogP contribution in [0.15, 0.2) is 6.33 Å². The lowest BCUT2D eigenvalue weighted by Gasteiger charge is -2.03. The number of aryl methyl sites for hydroxylation is 1. The van der Waals surface area contributed by atoms with Gasteiger partial charge in [-0.2, -0.15) is 0 Å². The van der Waals surface area contributed by atoms with Crippen molar-refractivity contribution in [3.05, 3.63) is 23.8 Å². The molecule has 0 bridgehead atoms. The summed E-state index contributed by atoms with van der Waals surface area (Å²) in [5.74, 6) is -1.23. The van der Waals surface area contributed by atoms with E-state index in [4.69, 9.17) is 15.3 Å². The maximum Gasteiger partial charge on any atom is 0.377 e. The largest absolute Gasteiger partial charge is 0.475 e. The molecular formula is C16H28N8O6. The minimum atomic E-state index is -1.12. The highest BCUT2D eigenvalue weighted by molar-refractivity contribution is 5.84. The summed E-state index contributed by atoms with van der Waals surface area (Å²) in [6.45, 7) is 5.33. The van der Waals surface area contributed by atoms with Gasteiger partial charge >= 0.3 is 11.9 Å². The van der Waals surface area contributed by atoms with Crippen LogP contribution in [-0.4, -0.2) is 103 Å². The molecule has 0 amide bonds. The summed E-state index contributed by atoms with van der Waals surface area (Å²) >= 11 is 0. The number of aromatic nitrogens is 6. The van der Waals surface area contributed by atoms with Crippen molar-refractivity contribution in [2.45, 2.75) is 20.0 Å². The Kier molecular flexibility index (Phi) is 11.8. The zero-order valence-corrected chi connectivity index (χ0v) is 17.0. The number of rotatable bonds is 12. The monoisotopic (exact) mass is 428 g/mol. The van der Waals surface area contributed by atoms with Crippen molar-refractivity contribution in [2.24, 2.45) is 0 Å². The standard InChI is InChI=1S/2C8H14N4O3/c1-15-8(14)7-10-6-12(11-7)4-2-9-3-5-13;1-6-10-7(8(14)15)11-12(6)4-2-9-3-5-13/h6,9,13H,2-5H2,1H3;9,13H,2-5H2,1H3,(H,14,15). The van der Waals surface area contributed by atoms with Crippen LogP contribution in [-0.2, 0) is 17.8 Å². The minimum Gasteiger partial charge on any atom is -0.475 e. The summed E-state index contributed by atoms with van der Waals surface area (Å²) in [7, 11) is 1.28. The molecule has 0 saturated heterocycles. The number of carbonyl (C=O) groups is 2. The number of esters is 1. The zero-order valence-electron chi connectivity index (χ0n) is 17.0. The van der Waals surface area contributed by atoms with Crippen molar-refractivity contribution >= 4 is 11.9 Å². The third kappa shape index (κ3) is 9.04. The first kappa shape index (κ1) is 25.1. The van der Waals surface area contributed by atoms with Crippen LogP contribution in [0.3, 0.4) is 0 Å². The Balaban J connectivity index is 0.000000300. The van der Waals surface area contributed by atoms with Gasteiger partial charge in [-0.05, 0) is 6.92 Å². The molecule has 14 nitrogen and oxygen atoms in total. The molecule has 0 aliphatic carbocycles. The van der Waals surface area contributed by atoms with Crippen LogP contribution in [0.25, 0.3) is 0 Å². The van der Waals surface area contributed by atoms with Gasteiger partial charge < -0.3 is 30.7 Å². The molecular weight excluding hydrogens is 400 g/mol. The smallest absolute Gasteiger partial charge is 0.377 e. The van der Waals surface area contributed by atoms with Gasteiger partial charge in [-0.3, -0.25) is 4.68 Å². The lowest BCUT2D eigenvalue weighted by atomic mass is 10.5. The SMILES string of the molecule is COC(=O)c1ncn(CCNCCO)n1.Cc1nc(C(=O)O)nn1CCNCCO. The molecule has 0 spiro atoms. The first-order chi connectivity index (χ1) is 14.4. The van der Waals surface area contributed by atoms with Gasteiger partial charge in [0.05, 0.1) is 33.4 Å². The highest BCUT2D eigenvalue weighted by Gasteiger charge is 2.12. The van der Waals surface area contributed by atoms with Crippen LogP contribution in [0, 0.1) is 6.92 Å². The van der Waals surface area contributed by atoms with Crippen LogP contribution in [0.1, 0.15) is 27.1 Å². The lowest BCUT2D eigenvalue weighted by molar-refractivity contribution is 0.0585. The maximum atomic E-state index is 11.0. The van der Waals surface area contributed by atoms with Gasteiger partial charge in [-0.1, -0.05) is 0 Å². The summed E-state index contributed by atoms with van der Waals surface area (Å²) in [6.07, 6.45) is 1.47. The predicted molar refractivity (Wildman–Crippen MR) is 103 cm³/mol. The summed E-state index contributed by atoms with van der Waals surface area (Å²) in [5, 5.41) is 39.3. The second kappa shape index (κ2) is 14.1.